The van der Waals surface area contributed by atoms with Gasteiger partial charge in [-0.1, -0.05) is 18.2 Å². The number of ketones is 1. The standard InChI is InChI=1S/C17H13F2NO4/c1-11-2-3-12(10-15(11)20(22)23)4-9-16(21)13-5-7-14(8-6-13)24-17(18)19/h2-10,17H,1H3/b9-4+. The van der Waals surface area contributed by atoms with Crippen molar-refractivity contribution in [2.75, 3.05) is 0 Å². The molecule has 2 aromatic rings. The van der Waals surface area contributed by atoms with Gasteiger partial charge in [0.15, 0.2) is 5.78 Å². The first-order valence-electron chi connectivity index (χ1n) is 6.89. The number of ether oxygens (including phenoxy) is 1. The highest BCUT2D eigenvalue weighted by Crippen LogP contribution is 2.20. The minimum Gasteiger partial charge on any atom is -0.435 e. The van der Waals surface area contributed by atoms with Crippen LogP contribution in [-0.2, 0) is 0 Å². The Balaban J connectivity index is 2.13. The van der Waals surface area contributed by atoms with Crippen LogP contribution in [0.25, 0.3) is 6.08 Å². The van der Waals surface area contributed by atoms with Gasteiger partial charge in [0.2, 0.25) is 0 Å². The molecule has 0 fully saturated rings. The summed E-state index contributed by atoms with van der Waals surface area (Å²) in [6.07, 6.45) is 2.72. The van der Waals surface area contributed by atoms with E-state index in [9.17, 15) is 23.7 Å². The molecule has 0 aliphatic heterocycles. The van der Waals surface area contributed by atoms with Crippen molar-refractivity contribution in [3.8, 4) is 5.75 Å². The fourth-order valence-corrected chi connectivity index (χ4v) is 2.00. The van der Waals surface area contributed by atoms with E-state index in [2.05, 4.69) is 4.74 Å². The summed E-state index contributed by atoms with van der Waals surface area (Å²) >= 11 is 0. The number of carbonyl (C=O) groups excluding carboxylic acids is 1. The Morgan fingerprint density at radius 3 is 2.46 bits per heavy atom. The van der Waals surface area contributed by atoms with Gasteiger partial charge in [0.1, 0.15) is 5.75 Å². The van der Waals surface area contributed by atoms with E-state index >= 15 is 0 Å². The molecule has 7 heteroatoms. The smallest absolute Gasteiger partial charge is 0.387 e. The van der Waals surface area contributed by atoms with E-state index in [0.717, 1.165) is 0 Å². The van der Waals surface area contributed by atoms with Crippen LogP contribution in [0, 0.1) is 17.0 Å². The summed E-state index contributed by atoms with van der Waals surface area (Å²) in [7, 11) is 0. The molecule has 0 aliphatic carbocycles. The summed E-state index contributed by atoms with van der Waals surface area (Å²) < 4.78 is 28.3. The maximum absolute atomic E-state index is 12.1. The number of aryl methyl sites for hydroxylation is 1. The summed E-state index contributed by atoms with van der Waals surface area (Å²) in [6.45, 7) is -1.30. The van der Waals surface area contributed by atoms with Crippen molar-refractivity contribution in [2.24, 2.45) is 0 Å². The van der Waals surface area contributed by atoms with Gasteiger partial charge in [-0.3, -0.25) is 14.9 Å². The third-order valence-corrected chi connectivity index (χ3v) is 3.22. The summed E-state index contributed by atoms with van der Waals surface area (Å²) in [4.78, 5) is 22.4. The van der Waals surface area contributed by atoms with Crippen LogP contribution in [0.1, 0.15) is 21.5 Å². The first-order valence-corrected chi connectivity index (χ1v) is 6.89. The molecule has 0 radical (unpaired) electrons. The van der Waals surface area contributed by atoms with Gasteiger partial charge < -0.3 is 4.74 Å². The molecule has 0 aliphatic rings. The van der Waals surface area contributed by atoms with Crippen LogP contribution < -0.4 is 4.74 Å². The topological polar surface area (TPSA) is 69.4 Å². The molecule has 0 unspecified atom stereocenters. The Hall–Kier alpha value is -3.09. The number of carbonyl (C=O) groups is 1. The van der Waals surface area contributed by atoms with Crippen molar-refractivity contribution in [3.05, 3.63) is 75.3 Å². The zero-order valence-electron chi connectivity index (χ0n) is 12.6. The van der Waals surface area contributed by atoms with Crippen LogP contribution in [0.5, 0.6) is 5.75 Å². The third kappa shape index (κ3) is 4.45. The predicted octanol–water partition coefficient (Wildman–Crippen LogP) is 4.40. The Morgan fingerprint density at radius 1 is 1.21 bits per heavy atom. The number of alkyl halides is 2. The molecule has 24 heavy (non-hydrogen) atoms. The first kappa shape index (κ1) is 17.3. The van der Waals surface area contributed by atoms with Crippen LogP contribution in [0.15, 0.2) is 48.5 Å². The molecule has 0 saturated carbocycles. The first-order chi connectivity index (χ1) is 11.4. The summed E-state index contributed by atoms with van der Waals surface area (Å²) in [5.74, 6) is -0.401. The van der Waals surface area contributed by atoms with Gasteiger partial charge in [-0.05, 0) is 42.8 Å². The van der Waals surface area contributed by atoms with Gasteiger partial charge in [0.25, 0.3) is 5.69 Å². The van der Waals surface area contributed by atoms with Gasteiger partial charge in [0, 0.05) is 17.2 Å². The number of hydrogen-bond acceptors (Lipinski definition) is 4. The second kappa shape index (κ2) is 7.45. The second-order valence-electron chi connectivity index (χ2n) is 4.90. The van der Waals surface area contributed by atoms with Gasteiger partial charge in [-0.25, -0.2) is 0 Å². The lowest BCUT2D eigenvalue weighted by Crippen LogP contribution is -2.02. The van der Waals surface area contributed by atoms with E-state index < -0.39 is 11.5 Å². The van der Waals surface area contributed by atoms with E-state index in [-0.39, 0.29) is 22.8 Å². The third-order valence-electron chi connectivity index (χ3n) is 3.22. The monoisotopic (exact) mass is 333 g/mol. The van der Waals surface area contributed by atoms with Crippen molar-refractivity contribution in [1.29, 1.82) is 0 Å². The molecule has 0 aromatic heterocycles. The van der Waals surface area contributed by atoms with Crippen LogP contribution >= 0.6 is 0 Å². The molecule has 0 bridgehead atoms. The molecular weight excluding hydrogens is 320 g/mol. The van der Waals surface area contributed by atoms with Gasteiger partial charge in [-0.15, -0.1) is 0 Å². The Morgan fingerprint density at radius 2 is 1.88 bits per heavy atom. The number of nitro benzene ring substituents is 1. The van der Waals surface area contributed by atoms with E-state index in [1.165, 1.54) is 42.5 Å². The summed E-state index contributed by atoms with van der Waals surface area (Å²) in [5.41, 5.74) is 1.30. The molecule has 124 valence electrons. The number of halogens is 2. The molecule has 0 atom stereocenters. The van der Waals surface area contributed by atoms with Crippen molar-refractivity contribution in [3.63, 3.8) is 0 Å². The molecule has 0 amide bonds. The number of allylic oxidation sites excluding steroid dienone is 1. The normalized spacial score (nSPS) is 11.0. The highest BCUT2D eigenvalue weighted by Gasteiger charge is 2.10. The second-order valence-corrected chi connectivity index (χ2v) is 4.90. The molecule has 0 spiro atoms. The van der Waals surface area contributed by atoms with Crippen LogP contribution in [-0.4, -0.2) is 17.3 Å². The fourth-order valence-electron chi connectivity index (χ4n) is 2.00. The number of benzene rings is 2. The highest BCUT2D eigenvalue weighted by molar-refractivity contribution is 6.06. The largest absolute Gasteiger partial charge is 0.435 e. The zero-order chi connectivity index (χ0) is 17.7. The number of nitro groups is 1. The van der Waals surface area contributed by atoms with Crippen molar-refractivity contribution < 1.29 is 23.2 Å². The summed E-state index contributed by atoms with van der Waals surface area (Å²) in [6, 6.07) is 9.89. The lowest BCUT2D eigenvalue weighted by molar-refractivity contribution is -0.385. The lowest BCUT2D eigenvalue weighted by Gasteiger charge is -2.04. The molecule has 2 aromatic carbocycles. The Bertz CT molecular complexity index is 786. The van der Waals surface area contributed by atoms with Gasteiger partial charge >= 0.3 is 6.61 Å². The molecule has 5 nitrogen and oxygen atoms in total. The van der Waals surface area contributed by atoms with E-state index in [1.54, 1.807) is 19.1 Å². The fraction of sp³-hybridized carbons (Fsp3) is 0.118. The van der Waals surface area contributed by atoms with E-state index in [0.29, 0.717) is 11.1 Å². The molecule has 0 N–H and O–H groups in total. The zero-order valence-corrected chi connectivity index (χ0v) is 12.6. The van der Waals surface area contributed by atoms with Gasteiger partial charge in [0.05, 0.1) is 4.92 Å². The minimum absolute atomic E-state index is 0.0295. The van der Waals surface area contributed by atoms with Crippen molar-refractivity contribution >= 4 is 17.5 Å². The average Bonchev–Trinajstić information content (AvgIpc) is 2.53. The molecule has 2 rings (SSSR count). The number of hydrogen-bond donors (Lipinski definition) is 0. The minimum atomic E-state index is -2.93. The molecular formula is C17H13F2NO4. The SMILES string of the molecule is Cc1ccc(/C=C/C(=O)c2ccc(OC(F)F)cc2)cc1[N+](=O)[O-]. The number of rotatable bonds is 6. The summed E-state index contributed by atoms with van der Waals surface area (Å²) in [5, 5.41) is 10.9. The number of nitrogens with zero attached hydrogens (tertiary/aromatic N) is 1. The highest BCUT2D eigenvalue weighted by atomic mass is 19.3. The van der Waals surface area contributed by atoms with E-state index in [1.807, 2.05) is 0 Å². The van der Waals surface area contributed by atoms with Crippen LogP contribution in [0.3, 0.4) is 0 Å². The van der Waals surface area contributed by atoms with E-state index in [4.69, 9.17) is 0 Å². The van der Waals surface area contributed by atoms with Crippen molar-refractivity contribution in [2.45, 2.75) is 13.5 Å². The quantitative estimate of drug-likeness (QED) is 0.340. The van der Waals surface area contributed by atoms with Crippen LogP contribution in [0.2, 0.25) is 0 Å². The maximum atomic E-state index is 12.1. The Labute approximate surface area is 136 Å². The predicted molar refractivity (Wildman–Crippen MR) is 84.3 cm³/mol. The lowest BCUT2D eigenvalue weighted by atomic mass is 10.1. The van der Waals surface area contributed by atoms with Crippen LogP contribution in [0.4, 0.5) is 14.5 Å². The average molecular weight is 333 g/mol. The van der Waals surface area contributed by atoms with Gasteiger partial charge in [-0.2, -0.15) is 8.78 Å². The van der Waals surface area contributed by atoms with Crippen molar-refractivity contribution in [1.82, 2.24) is 0 Å². The maximum Gasteiger partial charge on any atom is 0.387 e. The molecule has 0 heterocycles. The Kier molecular flexibility index (Phi) is 5.36. The molecule has 0 saturated heterocycles.